The molecule has 2 unspecified atom stereocenters. The van der Waals surface area contributed by atoms with E-state index in [-0.39, 0.29) is 24.1 Å². The molecule has 0 aliphatic rings. The van der Waals surface area contributed by atoms with Crippen LogP contribution < -0.4 is 21.7 Å². The van der Waals surface area contributed by atoms with E-state index >= 15 is 0 Å². The summed E-state index contributed by atoms with van der Waals surface area (Å²) in [7, 11) is 1.59. The van der Waals surface area contributed by atoms with Crippen LogP contribution in [0.3, 0.4) is 0 Å². The first-order valence-corrected chi connectivity index (χ1v) is 14.2. The van der Waals surface area contributed by atoms with E-state index in [1.54, 1.807) is 24.1 Å². The smallest absolute Gasteiger partial charge is 0.242 e. The number of nitrogens with zero attached hydrogens (tertiary/aromatic N) is 1. The van der Waals surface area contributed by atoms with Crippen molar-refractivity contribution >= 4 is 40.1 Å². The number of carbonyl (C=O) groups excluding carboxylic acids is 3. The van der Waals surface area contributed by atoms with Gasteiger partial charge in [-0.1, -0.05) is 66.2 Å². The van der Waals surface area contributed by atoms with Gasteiger partial charge in [-0.15, -0.1) is 0 Å². The van der Waals surface area contributed by atoms with Gasteiger partial charge in [0, 0.05) is 38.1 Å². The SMILES string of the molecule is CCN(C(=O)C(CCCN)NCCNC(=O)Cc1ccc(Cl)cc1)C(Cc1ccc2ccccc2c1)C(=O)NC. The van der Waals surface area contributed by atoms with Crippen LogP contribution in [0.2, 0.25) is 5.02 Å². The van der Waals surface area contributed by atoms with Crippen LogP contribution in [-0.2, 0) is 27.2 Å². The Balaban J connectivity index is 1.65. The second-order valence-electron chi connectivity index (χ2n) is 9.73. The summed E-state index contributed by atoms with van der Waals surface area (Å²) in [4.78, 5) is 40.8. The largest absolute Gasteiger partial charge is 0.357 e. The van der Waals surface area contributed by atoms with Gasteiger partial charge in [-0.25, -0.2) is 0 Å². The summed E-state index contributed by atoms with van der Waals surface area (Å²) in [6.45, 7) is 3.47. The van der Waals surface area contributed by atoms with Gasteiger partial charge in [0.25, 0.3) is 0 Å². The Morgan fingerprint density at radius 1 is 0.950 bits per heavy atom. The Kier molecular flexibility index (Phi) is 12.4. The number of hydrogen-bond acceptors (Lipinski definition) is 5. The number of fused-ring (bicyclic) bond motifs is 1. The molecule has 0 saturated carbocycles. The first kappa shape index (κ1) is 31.1. The second-order valence-corrected chi connectivity index (χ2v) is 10.2. The third-order valence-corrected chi connectivity index (χ3v) is 7.15. The molecule has 3 amide bonds. The van der Waals surface area contributed by atoms with Gasteiger partial charge in [0.1, 0.15) is 6.04 Å². The summed E-state index contributed by atoms with van der Waals surface area (Å²) in [5.74, 6) is -0.479. The monoisotopic (exact) mass is 565 g/mol. The molecule has 3 aromatic carbocycles. The first-order chi connectivity index (χ1) is 19.4. The van der Waals surface area contributed by atoms with Gasteiger partial charge in [-0.05, 0) is 60.3 Å². The number of nitrogens with one attached hydrogen (secondary N) is 3. The van der Waals surface area contributed by atoms with Gasteiger partial charge in [0.05, 0.1) is 12.5 Å². The average molecular weight is 566 g/mol. The van der Waals surface area contributed by atoms with E-state index in [2.05, 4.69) is 22.0 Å². The molecule has 2 atom stereocenters. The third kappa shape index (κ3) is 9.05. The number of rotatable bonds is 15. The fourth-order valence-corrected chi connectivity index (χ4v) is 4.89. The van der Waals surface area contributed by atoms with Crippen LogP contribution in [0.4, 0.5) is 0 Å². The number of hydrogen-bond donors (Lipinski definition) is 4. The van der Waals surface area contributed by atoms with Crippen LogP contribution in [0, 0.1) is 0 Å². The maximum atomic E-state index is 13.8. The van der Waals surface area contributed by atoms with E-state index in [1.165, 1.54) is 0 Å². The lowest BCUT2D eigenvalue weighted by molar-refractivity contribution is -0.141. The standard InChI is InChI=1S/C31H40ClN5O3/c1-3-37(28(30(39)34-2)20-23-10-13-24-7-4-5-8-25(24)19-23)31(40)27(9-6-16-33)35-17-18-36-29(38)21-22-11-14-26(32)15-12-22/h4-5,7-8,10-15,19,27-28,35H,3,6,9,16-18,20-21,33H2,1-2H3,(H,34,39)(H,36,38). The van der Waals surface area contributed by atoms with Gasteiger partial charge in [0.2, 0.25) is 17.7 Å². The molecule has 0 aliphatic carbocycles. The van der Waals surface area contributed by atoms with Crippen LogP contribution in [0.1, 0.15) is 30.9 Å². The van der Waals surface area contributed by atoms with Crippen LogP contribution in [0.25, 0.3) is 10.8 Å². The maximum Gasteiger partial charge on any atom is 0.242 e. The molecule has 0 saturated heterocycles. The van der Waals surface area contributed by atoms with E-state index in [0.717, 1.165) is 21.9 Å². The minimum absolute atomic E-state index is 0.112. The summed E-state index contributed by atoms with van der Waals surface area (Å²) in [5, 5.41) is 11.7. The summed E-state index contributed by atoms with van der Waals surface area (Å²) < 4.78 is 0. The Hall–Kier alpha value is -3.46. The van der Waals surface area contributed by atoms with E-state index in [1.807, 2.05) is 55.5 Å². The fourth-order valence-electron chi connectivity index (χ4n) is 4.76. The molecule has 5 N–H and O–H groups in total. The molecular formula is C31H40ClN5O3. The number of benzene rings is 3. The van der Waals surface area contributed by atoms with Gasteiger partial charge >= 0.3 is 0 Å². The minimum atomic E-state index is -0.662. The molecule has 3 rings (SSSR count). The van der Waals surface area contributed by atoms with E-state index < -0.39 is 12.1 Å². The molecule has 214 valence electrons. The lowest BCUT2D eigenvalue weighted by Crippen LogP contribution is -2.56. The highest BCUT2D eigenvalue weighted by atomic mass is 35.5. The van der Waals surface area contributed by atoms with Crippen LogP contribution in [-0.4, -0.2) is 67.9 Å². The molecule has 0 bridgehead atoms. The van der Waals surface area contributed by atoms with Gasteiger partial charge < -0.3 is 26.6 Å². The van der Waals surface area contributed by atoms with E-state index in [0.29, 0.717) is 50.5 Å². The average Bonchev–Trinajstić information content (AvgIpc) is 2.97. The Labute approximate surface area is 241 Å². The molecule has 8 nitrogen and oxygen atoms in total. The number of nitrogens with two attached hydrogens (primary N) is 1. The van der Waals surface area contributed by atoms with Crippen LogP contribution >= 0.6 is 11.6 Å². The second kappa shape index (κ2) is 16.0. The van der Waals surface area contributed by atoms with Crippen molar-refractivity contribution in [1.82, 2.24) is 20.9 Å². The van der Waals surface area contributed by atoms with Crippen molar-refractivity contribution in [3.05, 3.63) is 82.9 Å². The van der Waals surface area contributed by atoms with Crippen molar-refractivity contribution in [1.29, 1.82) is 0 Å². The maximum absolute atomic E-state index is 13.8. The summed E-state index contributed by atoms with van der Waals surface area (Å²) in [6.07, 6.45) is 1.83. The quantitative estimate of drug-likeness (QED) is 0.211. The molecular weight excluding hydrogens is 526 g/mol. The number of carbonyl (C=O) groups is 3. The fraction of sp³-hybridized carbons (Fsp3) is 0.387. The zero-order valence-corrected chi connectivity index (χ0v) is 24.0. The van der Waals surface area contributed by atoms with Crippen LogP contribution in [0.5, 0.6) is 0 Å². The normalized spacial score (nSPS) is 12.5. The molecule has 0 radical (unpaired) electrons. The topological polar surface area (TPSA) is 117 Å². The number of halogens is 1. The summed E-state index contributed by atoms with van der Waals surface area (Å²) >= 11 is 5.91. The van der Waals surface area contributed by atoms with Crippen molar-refractivity contribution in [2.45, 2.75) is 44.7 Å². The molecule has 0 aliphatic heterocycles. The highest BCUT2D eigenvalue weighted by molar-refractivity contribution is 6.30. The predicted octanol–water partition coefficient (Wildman–Crippen LogP) is 3.05. The molecule has 40 heavy (non-hydrogen) atoms. The Bertz CT molecular complexity index is 1270. The first-order valence-electron chi connectivity index (χ1n) is 13.8. The molecule has 9 heteroatoms. The van der Waals surface area contributed by atoms with Crippen molar-refractivity contribution in [3.8, 4) is 0 Å². The van der Waals surface area contributed by atoms with Gasteiger partial charge in [-0.3, -0.25) is 14.4 Å². The minimum Gasteiger partial charge on any atom is -0.357 e. The van der Waals surface area contributed by atoms with E-state index in [4.69, 9.17) is 17.3 Å². The number of likely N-dealkylation sites (N-methyl/N-ethyl adjacent to an activating group) is 2. The van der Waals surface area contributed by atoms with Crippen molar-refractivity contribution in [2.75, 3.05) is 33.2 Å². The Morgan fingerprint density at radius 2 is 1.65 bits per heavy atom. The zero-order chi connectivity index (χ0) is 28.9. The highest BCUT2D eigenvalue weighted by Crippen LogP contribution is 2.19. The van der Waals surface area contributed by atoms with Crippen molar-refractivity contribution < 1.29 is 14.4 Å². The van der Waals surface area contributed by atoms with Gasteiger partial charge in [0.15, 0.2) is 0 Å². The number of amides is 3. The molecule has 0 fully saturated rings. The third-order valence-electron chi connectivity index (χ3n) is 6.90. The summed E-state index contributed by atoms with van der Waals surface area (Å²) in [5.41, 5.74) is 7.61. The van der Waals surface area contributed by atoms with Crippen molar-refractivity contribution in [3.63, 3.8) is 0 Å². The highest BCUT2D eigenvalue weighted by Gasteiger charge is 2.32. The lowest BCUT2D eigenvalue weighted by Gasteiger charge is -2.33. The summed E-state index contributed by atoms with van der Waals surface area (Å²) in [6, 6.07) is 20.1. The van der Waals surface area contributed by atoms with Crippen molar-refractivity contribution in [2.24, 2.45) is 5.73 Å². The van der Waals surface area contributed by atoms with Crippen LogP contribution in [0.15, 0.2) is 66.7 Å². The molecule has 0 aromatic heterocycles. The zero-order valence-electron chi connectivity index (χ0n) is 23.3. The molecule has 0 heterocycles. The predicted molar refractivity (Wildman–Crippen MR) is 161 cm³/mol. The lowest BCUT2D eigenvalue weighted by atomic mass is 9.99. The van der Waals surface area contributed by atoms with E-state index in [9.17, 15) is 14.4 Å². The van der Waals surface area contributed by atoms with Gasteiger partial charge in [-0.2, -0.15) is 0 Å². The molecule has 0 spiro atoms. The Morgan fingerprint density at radius 3 is 2.33 bits per heavy atom. The molecule has 3 aromatic rings.